The second-order valence-corrected chi connectivity index (χ2v) is 8.61. The van der Waals surface area contributed by atoms with Gasteiger partial charge < -0.3 is 4.90 Å². The third-order valence-electron chi connectivity index (χ3n) is 3.30. The van der Waals surface area contributed by atoms with Crippen molar-refractivity contribution in [3.8, 4) is 0 Å². The molecule has 0 aromatic carbocycles. The van der Waals surface area contributed by atoms with Crippen LogP contribution in [0.15, 0.2) is 24.8 Å². The first-order valence-electron chi connectivity index (χ1n) is 5.98. The van der Waals surface area contributed by atoms with Crippen LogP contribution in [-0.2, 0) is 0 Å². The molecule has 0 N–H and O–H groups in total. The summed E-state index contributed by atoms with van der Waals surface area (Å²) in [4.78, 5) is 2.52. The van der Waals surface area contributed by atoms with Crippen LogP contribution in [0.25, 0.3) is 0 Å². The average Bonchev–Trinajstić information content (AvgIpc) is 2.28. The minimum absolute atomic E-state index is 0.690. The second kappa shape index (κ2) is 5.89. The summed E-state index contributed by atoms with van der Waals surface area (Å²) >= 11 is 0. The molecule has 0 aliphatic carbocycles. The largest absolute Gasteiger partial charge is 0.301 e. The molecular weight excluding hydrogens is 216 g/mol. The first-order valence-corrected chi connectivity index (χ1v) is 8.56. The van der Waals surface area contributed by atoms with Crippen molar-refractivity contribution >= 4 is 10.2 Å². The van der Waals surface area contributed by atoms with Crippen LogP contribution in [0.1, 0.15) is 6.92 Å². The van der Waals surface area contributed by atoms with Gasteiger partial charge in [-0.1, -0.05) is 26.2 Å². The van der Waals surface area contributed by atoms with Gasteiger partial charge in [0, 0.05) is 31.9 Å². The van der Waals surface area contributed by atoms with Crippen molar-refractivity contribution in [2.24, 2.45) is 0 Å². The lowest BCUT2D eigenvalue weighted by Crippen LogP contribution is -2.47. The van der Waals surface area contributed by atoms with Crippen LogP contribution in [0.4, 0.5) is 0 Å². The highest BCUT2D eigenvalue weighted by Gasteiger charge is 2.25. The molecule has 0 spiro atoms. The predicted molar refractivity (Wildman–Crippen MR) is 77.3 cm³/mol. The molecule has 0 aromatic heterocycles. The zero-order valence-corrected chi connectivity index (χ0v) is 11.9. The molecule has 16 heavy (non-hydrogen) atoms. The van der Waals surface area contributed by atoms with Crippen molar-refractivity contribution in [3.05, 3.63) is 24.8 Å². The molecule has 1 aliphatic heterocycles. The van der Waals surface area contributed by atoms with Crippen LogP contribution < -0.4 is 0 Å². The van der Waals surface area contributed by atoms with Gasteiger partial charge in [-0.3, -0.25) is 4.31 Å². The number of hydrogen-bond acceptors (Lipinski definition) is 2. The molecule has 3 heteroatoms. The van der Waals surface area contributed by atoms with Crippen LogP contribution in [0, 0.1) is 0 Å². The van der Waals surface area contributed by atoms with Crippen molar-refractivity contribution in [3.63, 3.8) is 0 Å². The highest BCUT2D eigenvalue weighted by molar-refractivity contribution is 8.30. The third kappa shape index (κ3) is 3.65. The summed E-state index contributed by atoms with van der Waals surface area (Å²) in [5.41, 5.74) is 1.18. The minimum atomic E-state index is -0.690. The van der Waals surface area contributed by atoms with E-state index in [1.807, 2.05) is 6.08 Å². The van der Waals surface area contributed by atoms with Gasteiger partial charge in [-0.25, -0.2) is 0 Å². The van der Waals surface area contributed by atoms with Crippen molar-refractivity contribution in [2.45, 2.75) is 6.92 Å². The van der Waals surface area contributed by atoms with E-state index in [0.717, 1.165) is 5.75 Å². The molecule has 1 aliphatic rings. The molecule has 2 nitrogen and oxygen atoms in total. The lowest BCUT2D eigenvalue weighted by molar-refractivity contribution is 0.202. The van der Waals surface area contributed by atoms with E-state index in [9.17, 15) is 0 Å². The van der Waals surface area contributed by atoms with Gasteiger partial charge in [0.25, 0.3) is 0 Å². The van der Waals surface area contributed by atoms with Crippen molar-refractivity contribution in [2.75, 3.05) is 51.0 Å². The third-order valence-corrected chi connectivity index (χ3v) is 6.15. The highest BCUT2D eigenvalue weighted by atomic mass is 32.3. The van der Waals surface area contributed by atoms with Gasteiger partial charge in [0.1, 0.15) is 0 Å². The van der Waals surface area contributed by atoms with Gasteiger partial charge in [0.2, 0.25) is 0 Å². The van der Waals surface area contributed by atoms with Crippen LogP contribution in [0.5, 0.6) is 0 Å². The van der Waals surface area contributed by atoms with Gasteiger partial charge in [-0.2, -0.15) is 10.2 Å². The van der Waals surface area contributed by atoms with Crippen molar-refractivity contribution in [1.29, 1.82) is 0 Å². The monoisotopic (exact) mass is 242 g/mol. The van der Waals surface area contributed by atoms with Gasteiger partial charge >= 0.3 is 0 Å². The summed E-state index contributed by atoms with van der Waals surface area (Å²) in [6.45, 7) is 16.1. The van der Waals surface area contributed by atoms with Gasteiger partial charge in [0.05, 0.1) is 0 Å². The fourth-order valence-corrected chi connectivity index (χ4v) is 4.50. The average molecular weight is 242 g/mol. The molecule has 1 rings (SSSR count). The standard InChI is InChI=1S/C13H26N2S/c1-6-13(3)12-16(4,5)15-10-8-14(7-2)9-11-15/h6H,1,3,7-12H2,2,4-5H3. The van der Waals surface area contributed by atoms with E-state index in [1.165, 1.54) is 38.3 Å². The zero-order valence-electron chi connectivity index (χ0n) is 11.0. The van der Waals surface area contributed by atoms with Gasteiger partial charge in [-0.15, -0.1) is 0 Å². The Bertz CT molecular complexity index is 253. The molecule has 1 fully saturated rings. The molecule has 0 bridgehead atoms. The van der Waals surface area contributed by atoms with Crippen molar-refractivity contribution < 1.29 is 0 Å². The Balaban J connectivity index is 2.50. The quantitative estimate of drug-likeness (QED) is 0.683. The maximum absolute atomic E-state index is 4.05. The number of nitrogens with zero attached hydrogens (tertiary/aromatic N) is 2. The first kappa shape index (κ1) is 13.8. The van der Waals surface area contributed by atoms with E-state index >= 15 is 0 Å². The number of allylic oxidation sites excluding steroid dienone is 1. The molecule has 94 valence electrons. The molecule has 0 saturated carbocycles. The van der Waals surface area contributed by atoms with E-state index in [-0.39, 0.29) is 0 Å². The van der Waals surface area contributed by atoms with E-state index in [2.05, 4.69) is 41.8 Å². The number of rotatable bonds is 5. The Morgan fingerprint density at radius 3 is 2.25 bits per heavy atom. The summed E-state index contributed by atoms with van der Waals surface area (Å²) < 4.78 is 2.66. The molecule has 0 aromatic rings. The van der Waals surface area contributed by atoms with Crippen molar-refractivity contribution in [1.82, 2.24) is 9.21 Å². The predicted octanol–water partition coefficient (Wildman–Crippen LogP) is 2.35. The number of hydrogen-bond donors (Lipinski definition) is 0. The van der Waals surface area contributed by atoms with E-state index < -0.39 is 10.2 Å². The number of likely N-dealkylation sites (N-methyl/N-ethyl adjacent to an activating group) is 1. The lowest BCUT2D eigenvalue weighted by atomic mass is 10.4. The Morgan fingerprint density at radius 1 is 1.25 bits per heavy atom. The molecule has 0 atom stereocenters. The van der Waals surface area contributed by atoms with E-state index in [4.69, 9.17) is 0 Å². The maximum atomic E-state index is 4.05. The van der Waals surface area contributed by atoms with Crippen LogP contribution in [-0.4, -0.2) is 60.2 Å². The molecule has 0 amide bonds. The summed E-state index contributed by atoms with van der Waals surface area (Å²) in [5, 5.41) is 0. The fraction of sp³-hybridized carbons (Fsp3) is 0.692. The Kier molecular flexibility index (Phi) is 5.09. The smallest absolute Gasteiger partial charge is 0.0202 e. The molecule has 0 radical (unpaired) electrons. The summed E-state index contributed by atoms with van der Waals surface area (Å²) in [6.07, 6.45) is 6.68. The van der Waals surface area contributed by atoms with E-state index in [1.54, 1.807) is 0 Å². The Hall–Kier alpha value is -0.250. The molecular formula is C13H26N2S. The molecule has 1 saturated heterocycles. The van der Waals surface area contributed by atoms with Crippen LogP contribution >= 0.6 is 10.2 Å². The van der Waals surface area contributed by atoms with Crippen LogP contribution in [0.3, 0.4) is 0 Å². The van der Waals surface area contributed by atoms with E-state index in [0.29, 0.717) is 0 Å². The first-order chi connectivity index (χ1) is 7.49. The zero-order chi connectivity index (χ0) is 12.2. The SMILES string of the molecule is C=CC(=C)CS(C)(C)N1CCN(CC)CC1. The second-order valence-electron chi connectivity index (χ2n) is 4.85. The normalized spacial score (nSPS) is 20.7. The van der Waals surface area contributed by atoms with Crippen LogP contribution in [0.2, 0.25) is 0 Å². The minimum Gasteiger partial charge on any atom is -0.301 e. The van der Waals surface area contributed by atoms with Gasteiger partial charge in [-0.05, 0) is 24.6 Å². The highest BCUT2D eigenvalue weighted by Crippen LogP contribution is 2.45. The summed E-state index contributed by atoms with van der Waals surface area (Å²) in [7, 11) is -0.690. The Labute approximate surface area is 102 Å². The lowest BCUT2D eigenvalue weighted by Gasteiger charge is -2.47. The van der Waals surface area contributed by atoms with Gasteiger partial charge in [0.15, 0.2) is 0 Å². The molecule has 1 heterocycles. The fourth-order valence-electron chi connectivity index (χ4n) is 2.14. The summed E-state index contributed by atoms with van der Waals surface area (Å²) in [5.74, 6) is 1.10. The summed E-state index contributed by atoms with van der Waals surface area (Å²) in [6, 6.07) is 0. The number of piperazine rings is 1. The Morgan fingerprint density at radius 2 is 1.81 bits per heavy atom. The topological polar surface area (TPSA) is 6.48 Å². The maximum Gasteiger partial charge on any atom is 0.0202 e. The molecule has 0 unspecified atom stereocenters.